The van der Waals surface area contributed by atoms with E-state index in [1.807, 2.05) is 6.92 Å². The zero-order chi connectivity index (χ0) is 18.5. The van der Waals surface area contributed by atoms with E-state index in [0.717, 1.165) is 45.1 Å². The summed E-state index contributed by atoms with van der Waals surface area (Å²) in [6.45, 7) is 2.76. The number of nitrogens with zero attached hydrogens (tertiary/aromatic N) is 2. The van der Waals surface area contributed by atoms with Gasteiger partial charge in [-0.25, -0.2) is 4.98 Å². The molecule has 0 radical (unpaired) electrons. The predicted octanol–water partition coefficient (Wildman–Crippen LogP) is 1.66. The van der Waals surface area contributed by atoms with Crippen molar-refractivity contribution in [3.05, 3.63) is 11.8 Å². The van der Waals surface area contributed by atoms with Crippen molar-refractivity contribution in [3.63, 3.8) is 0 Å². The molecule has 2 atom stereocenters. The lowest BCUT2D eigenvalue weighted by molar-refractivity contribution is 0.0346. The van der Waals surface area contributed by atoms with Gasteiger partial charge in [-0.15, -0.1) is 0 Å². The predicted molar refractivity (Wildman–Crippen MR) is 99.1 cm³/mol. The summed E-state index contributed by atoms with van der Waals surface area (Å²) in [5.41, 5.74) is 5.78. The molecule has 1 aromatic heterocycles. The molecule has 144 valence electrons. The maximum atomic E-state index is 11.7. The summed E-state index contributed by atoms with van der Waals surface area (Å²) < 4.78 is 5.69. The number of aliphatic hydroxyl groups is 1. The van der Waals surface area contributed by atoms with E-state index in [9.17, 15) is 9.90 Å². The second-order valence-electron chi connectivity index (χ2n) is 7.20. The summed E-state index contributed by atoms with van der Waals surface area (Å²) in [6.07, 6.45) is 7.79. The van der Waals surface area contributed by atoms with Gasteiger partial charge in [0.15, 0.2) is 0 Å². The highest BCUT2D eigenvalue weighted by molar-refractivity contribution is 5.97. The van der Waals surface area contributed by atoms with Crippen molar-refractivity contribution < 1.29 is 14.6 Å². The molecule has 26 heavy (non-hydrogen) atoms. The third kappa shape index (κ3) is 4.82. The third-order valence-corrected chi connectivity index (χ3v) is 5.21. The quantitative estimate of drug-likeness (QED) is 0.581. The monoisotopic (exact) mass is 363 g/mol. The Morgan fingerprint density at radius 3 is 2.58 bits per heavy atom. The average molecular weight is 363 g/mol. The minimum atomic E-state index is -0.543. The highest BCUT2D eigenvalue weighted by atomic mass is 16.5. The van der Waals surface area contributed by atoms with Crippen LogP contribution in [0.25, 0.3) is 0 Å². The van der Waals surface area contributed by atoms with E-state index in [-0.39, 0.29) is 18.2 Å². The molecule has 2 fully saturated rings. The van der Waals surface area contributed by atoms with E-state index >= 15 is 0 Å². The molecule has 0 unspecified atom stereocenters. The van der Waals surface area contributed by atoms with E-state index in [1.54, 1.807) is 0 Å². The van der Waals surface area contributed by atoms with Crippen LogP contribution in [0, 0.1) is 0 Å². The lowest BCUT2D eigenvalue weighted by Crippen LogP contribution is -2.31. The van der Waals surface area contributed by atoms with E-state index < -0.39 is 5.91 Å². The van der Waals surface area contributed by atoms with E-state index in [2.05, 4.69) is 20.6 Å². The molecule has 3 rings (SSSR count). The number of hydrogen-bond acceptors (Lipinski definition) is 7. The number of anilines is 2. The number of rotatable bonds is 7. The number of amides is 1. The Hall–Kier alpha value is -1.93. The van der Waals surface area contributed by atoms with Crippen molar-refractivity contribution in [2.24, 2.45) is 5.73 Å². The SMILES string of the molecule is CCO[C@H]1CC[C@@H](Nc2nc(N[C@H]3CC[C@H](O)C3)ncc2C(N)=O)CC1. The molecule has 2 saturated carbocycles. The van der Waals surface area contributed by atoms with Gasteiger partial charge in [0.25, 0.3) is 5.91 Å². The lowest BCUT2D eigenvalue weighted by Gasteiger charge is -2.29. The minimum Gasteiger partial charge on any atom is -0.393 e. The molecule has 8 nitrogen and oxygen atoms in total. The van der Waals surface area contributed by atoms with Crippen molar-refractivity contribution in [2.45, 2.75) is 76.2 Å². The number of primary amides is 1. The number of nitrogens with one attached hydrogen (secondary N) is 2. The van der Waals surface area contributed by atoms with Gasteiger partial charge in [-0.3, -0.25) is 4.79 Å². The van der Waals surface area contributed by atoms with Crippen molar-refractivity contribution in [3.8, 4) is 0 Å². The first kappa shape index (κ1) is 18.8. The van der Waals surface area contributed by atoms with Gasteiger partial charge < -0.3 is 26.2 Å². The number of ether oxygens (including phenoxy) is 1. The number of nitrogens with two attached hydrogens (primary N) is 1. The van der Waals surface area contributed by atoms with Gasteiger partial charge in [0, 0.05) is 24.9 Å². The molecule has 1 amide bonds. The molecule has 5 N–H and O–H groups in total. The van der Waals surface area contributed by atoms with Crippen molar-refractivity contribution in [2.75, 3.05) is 17.2 Å². The second-order valence-corrected chi connectivity index (χ2v) is 7.20. The number of hydrogen-bond donors (Lipinski definition) is 4. The lowest BCUT2D eigenvalue weighted by atomic mass is 9.93. The largest absolute Gasteiger partial charge is 0.393 e. The van der Waals surface area contributed by atoms with Crippen LogP contribution in [0.1, 0.15) is 62.2 Å². The fourth-order valence-electron chi connectivity index (χ4n) is 3.82. The molecule has 1 heterocycles. The fraction of sp³-hybridized carbons (Fsp3) is 0.722. The van der Waals surface area contributed by atoms with E-state index in [0.29, 0.717) is 29.9 Å². The summed E-state index contributed by atoms with van der Waals surface area (Å²) in [5, 5.41) is 16.3. The Labute approximate surface area is 153 Å². The molecule has 0 aromatic carbocycles. The van der Waals surface area contributed by atoms with Gasteiger partial charge in [0.1, 0.15) is 5.82 Å². The van der Waals surface area contributed by atoms with Crippen LogP contribution in [-0.4, -0.2) is 51.9 Å². The van der Waals surface area contributed by atoms with Gasteiger partial charge in [0.05, 0.1) is 17.8 Å². The number of carbonyl (C=O) groups excluding carboxylic acids is 1. The van der Waals surface area contributed by atoms with Gasteiger partial charge in [-0.2, -0.15) is 4.98 Å². The maximum Gasteiger partial charge on any atom is 0.254 e. The van der Waals surface area contributed by atoms with Crippen LogP contribution in [0.4, 0.5) is 11.8 Å². The Balaban J connectivity index is 1.66. The minimum absolute atomic E-state index is 0.152. The van der Waals surface area contributed by atoms with Crippen LogP contribution in [0.15, 0.2) is 6.20 Å². The Morgan fingerprint density at radius 1 is 1.23 bits per heavy atom. The zero-order valence-electron chi connectivity index (χ0n) is 15.3. The molecular weight excluding hydrogens is 334 g/mol. The standard InChI is InChI=1S/C18H29N5O3/c1-2-26-14-7-4-11(5-8-14)21-17-15(16(19)25)10-20-18(23-17)22-12-3-6-13(24)9-12/h10-14,24H,2-9H2,1H3,(H2,19,25)(H2,20,21,22,23)/t11-,12-,13-,14+/m0/s1. The smallest absolute Gasteiger partial charge is 0.254 e. The van der Waals surface area contributed by atoms with Crippen molar-refractivity contribution in [1.29, 1.82) is 0 Å². The van der Waals surface area contributed by atoms with Crippen LogP contribution < -0.4 is 16.4 Å². The van der Waals surface area contributed by atoms with Crippen molar-refractivity contribution in [1.82, 2.24) is 9.97 Å². The first-order chi connectivity index (χ1) is 12.5. The molecule has 0 spiro atoms. The highest BCUT2D eigenvalue weighted by Crippen LogP contribution is 2.26. The number of aromatic nitrogens is 2. The molecule has 1 aromatic rings. The maximum absolute atomic E-state index is 11.7. The molecule has 0 saturated heterocycles. The molecule has 0 aliphatic heterocycles. The van der Waals surface area contributed by atoms with Crippen LogP contribution in [0.3, 0.4) is 0 Å². The third-order valence-electron chi connectivity index (χ3n) is 5.21. The molecular formula is C18H29N5O3. The fourth-order valence-corrected chi connectivity index (χ4v) is 3.82. The Bertz CT molecular complexity index is 619. The molecule has 2 aliphatic carbocycles. The van der Waals surface area contributed by atoms with Crippen LogP contribution >= 0.6 is 0 Å². The van der Waals surface area contributed by atoms with Gasteiger partial charge in [-0.05, 0) is 51.9 Å². The highest BCUT2D eigenvalue weighted by Gasteiger charge is 2.25. The summed E-state index contributed by atoms with van der Waals surface area (Å²) in [7, 11) is 0. The van der Waals surface area contributed by atoms with Crippen LogP contribution in [0.2, 0.25) is 0 Å². The first-order valence-electron chi connectivity index (χ1n) is 9.54. The second kappa shape index (κ2) is 8.64. The van der Waals surface area contributed by atoms with Gasteiger partial charge >= 0.3 is 0 Å². The normalized spacial score (nSPS) is 28.7. The Kier molecular flexibility index (Phi) is 6.26. The summed E-state index contributed by atoms with van der Waals surface area (Å²) in [5.74, 6) is 0.395. The van der Waals surface area contributed by atoms with Crippen LogP contribution in [-0.2, 0) is 4.74 Å². The molecule has 0 bridgehead atoms. The van der Waals surface area contributed by atoms with E-state index in [4.69, 9.17) is 10.5 Å². The molecule has 2 aliphatic rings. The summed E-state index contributed by atoms with van der Waals surface area (Å²) in [6, 6.07) is 0.389. The average Bonchev–Trinajstić information content (AvgIpc) is 3.02. The molecule has 8 heteroatoms. The summed E-state index contributed by atoms with van der Waals surface area (Å²) in [4.78, 5) is 20.4. The van der Waals surface area contributed by atoms with Gasteiger partial charge in [0.2, 0.25) is 5.95 Å². The first-order valence-corrected chi connectivity index (χ1v) is 9.54. The number of carbonyl (C=O) groups is 1. The van der Waals surface area contributed by atoms with Gasteiger partial charge in [-0.1, -0.05) is 0 Å². The zero-order valence-corrected chi connectivity index (χ0v) is 15.3. The van der Waals surface area contributed by atoms with Crippen LogP contribution in [0.5, 0.6) is 0 Å². The van der Waals surface area contributed by atoms with E-state index in [1.165, 1.54) is 6.20 Å². The Morgan fingerprint density at radius 2 is 1.96 bits per heavy atom. The topological polar surface area (TPSA) is 122 Å². The van der Waals surface area contributed by atoms with Crippen molar-refractivity contribution >= 4 is 17.7 Å². The number of aliphatic hydroxyl groups excluding tert-OH is 1. The summed E-state index contributed by atoms with van der Waals surface area (Å²) >= 11 is 0.